The van der Waals surface area contributed by atoms with Crippen LogP contribution >= 0.6 is 15.9 Å². The lowest BCUT2D eigenvalue weighted by molar-refractivity contribution is 0.122. The fraction of sp³-hybridized carbons (Fsp3) is 0.364. The number of morpholine rings is 1. The number of hydrogen-bond acceptors (Lipinski definition) is 5. The molecule has 1 aliphatic rings. The van der Waals surface area contributed by atoms with Gasteiger partial charge in [0.2, 0.25) is 0 Å². The highest BCUT2D eigenvalue weighted by Gasteiger charge is 2.13. The van der Waals surface area contributed by atoms with E-state index in [-0.39, 0.29) is 0 Å². The minimum Gasteiger partial charge on any atom is -0.378 e. The van der Waals surface area contributed by atoms with Gasteiger partial charge in [-0.1, -0.05) is 0 Å². The Balaban J connectivity index is 1.88. The predicted octanol–water partition coefficient (Wildman–Crippen LogP) is 1.26. The van der Waals surface area contributed by atoms with Crippen molar-refractivity contribution in [1.29, 1.82) is 0 Å². The van der Waals surface area contributed by atoms with Gasteiger partial charge in [0, 0.05) is 25.5 Å². The summed E-state index contributed by atoms with van der Waals surface area (Å²) in [6.45, 7) is 3.21. The minimum absolute atomic E-state index is 0.574. The third-order valence-electron chi connectivity index (χ3n) is 2.72. The van der Waals surface area contributed by atoms with E-state index in [9.17, 15) is 0 Å². The van der Waals surface area contributed by atoms with E-state index in [4.69, 9.17) is 4.74 Å². The lowest BCUT2D eigenvalue weighted by Gasteiger charge is -2.27. The third-order valence-corrected chi connectivity index (χ3v) is 3.13. The van der Waals surface area contributed by atoms with E-state index in [0.717, 1.165) is 36.6 Å². The first-order valence-corrected chi connectivity index (χ1v) is 6.48. The lowest BCUT2D eigenvalue weighted by atomic mass is 10.4. The first kappa shape index (κ1) is 11.6. The molecule has 1 aliphatic heterocycles. The number of hydrogen-bond donors (Lipinski definition) is 0. The van der Waals surface area contributed by atoms with Crippen molar-refractivity contribution >= 4 is 21.7 Å². The molecule has 0 unspecified atom stereocenters. The molecule has 3 rings (SSSR count). The van der Waals surface area contributed by atoms with E-state index in [1.807, 2.05) is 12.3 Å². The van der Waals surface area contributed by atoms with Crippen molar-refractivity contribution in [3.8, 4) is 5.95 Å². The molecular formula is C11H12BrN5O. The van der Waals surface area contributed by atoms with Gasteiger partial charge in [-0.3, -0.25) is 0 Å². The van der Waals surface area contributed by atoms with Crippen molar-refractivity contribution in [2.45, 2.75) is 0 Å². The van der Waals surface area contributed by atoms with Gasteiger partial charge in [-0.25, -0.2) is 9.67 Å². The van der Waals surface area contributed by atoms with Gasteiger partial charge in [0.25, 0.3) is 5.95 Å². The monoisotopic (exact) mass is 309 g/mol. The Morgan fingerprint density at radius 1 is 1.28 bits per heavy atom. The quantitative estimate of drug-likeness (QED) is 0.836. The van der Waals surface area contributed by atoms with Gasteiger partial charge in [0.15, 0.2) is 0 Å². The second-order valence-electron chi connectivity index (χ2n) is 3.92. The Kier molecular flexibility index (Phi) is 3.24. The van der Waals surface area contributed by atoms with E-state index in [1.165, 1.54) is 0 Å². The molecule has 2 aromatic heterocycles. The molecule has 0 spiro atoms. The van der Waals surface area contributed by atoms with Gasteiger partial charge >= 0.3 is 0 Å². The van der Waals surface area contributed by atoms with Crippen molar-refractivity contribution in [1.82, 2.24) is 19.7 Å². The van der Waals surface area contributed by atoms with Crippen LogP contribution in [0.15, 0.2) is 29.1 Å². The number of rotatable bonds is 2. The van der Waals surface area contributed by atoms with Crippen LogP contribution in [0, 0.1) is 0 Å². The van der Waals surface area contributed by atoms with Crippen LogP contribution in [-0.4, -0.2) is 46.1 Å². The summed E-state index contributed by atoms with van der Waals surface area (Å²) in [6, 6.07) is 1.91. The molecular weight excluding hydrogens is 298 g/mol. The highest BCUT2D eigenvalue weighted by atomic mass is 79.9. The second-order valence-corrected chi connectivity index (χ2v) is 4.83. The van der Waals surface area contributed by atoms with Crippen LogP contribution in [0.25, 0.3) is 5.95 Å². The fourth-order valence-corrected chi connectivity index (χ4v) is 2.11. The molecule has 18 heavy (non-hydrogen) atoms. The van der Waals surface area contributed by atoms with Crippen LogP contribution < -0.4 is 4.90 Å². The summed E-state index contributed by atoms with van der Waals surface area (Å²) < 4.78 is 7.88. The van der Waals surface area contributed by atoms with E-state index in [0.29, 0.717) is 5.95 Å². The van der Waals surface area contributed by atoms with Gasteiger partial charge < -0.3 is 9.64 Å². The SMILES string of the molecule is Brc1cnn(-c2nccc(N3CCOCC3)n2)c1. The fourth-order valence-electron chi connectivity index (χ4n) is 1.83. The lowest BCUT2D eigenvalue weighted by Crippen LogP contribution is -2.36. The highest BCUT2D eigenvalue weighted by molar-refractivity contribution is 9.10. The number of anilines is 1. The highest BCUT2D eigenvalue weighted by Crippen LogP contribution is 2.14. The molecule has 0 N–H and O–H groups in total. The average molecular weight is 310 g/mol. The third kappa shape index (κ3) is 2.37. The van der Waals surface area contributed by atoms with Crippen LogP contribution in [-0.2, 0) is 4.74 Å². The molecule has 6 nitrogen and oxygen atoms in total. The molecule has 0 atom stereocenters. The van der Waals surface area contributed by atoms with Crippen LogP contribution in [0.5, 0.6) is 0 Å². The zero-order chi connectivity index (χ0) is 12.4. The van der Waals surface area contributed by atoms with Gasteiger partial charge in [-0.2, -0.15) is 10.1 Å². The van der Waals surface area contributed by atoms with Crippen molar-refractivity contribution in [3.05, 3.63) is 29.1 Å². The molecule has 94 valence electrons. The summed E-state index contributed by atoms with van der Waals surface area (Å²) in [4.78, 5) is 10.9. The molecule has 1 saturated heterocycles. The normalized spacial score (nSPS) is 15.9. The Hall–Kier alpha value is -1.47. The molecule has 0 radical (unpaired) electrons. The molecule has 1 fully saturated rings. The van der Waals surface area contributed by atoms with E-state index >= 15 is 0 Å². The van der Waals surface area contributed by atoms with Crippen molar-refractivity contribution in [3.63, 3.8) is 0 Å². The summed E-state index contributed by atoms with van der Waals surface area (Å²) in [5.41, 5.74) is 0. The largest absolute Gasteiger partial charge is 0.378 e. The topological polar surface area (TPSA) is 56.1 Å². The van der Waals surface area contributed by atoms with Gasteiger partial charge in [-0.05, 0) is 22.0 Å². The Morgan fingerprint density at radius 3 is 2.83 bits per heavy atom. The smallest absolute Gasteiger partial charge is 0.252 e. The Labute approximate surface area is 113 Å². The first-order valence-electron chi connectivity index (χ1n) is 5.69. The standard InChI is InChI=1S/C11H12BrN5O/c12-9-7-14-17(8-9)11-13-2-1-10(15-11)16-3-5-18-6-4-16/h1-2,7-8H,3-6H2. The number of halogens is 1. The van der Waals surface area contributed by atoms with Crippen molar-refractivity contribution < 1.29 is 4.74 Å². The molecule has 7 heteroatoms. The molecule has 3 heterocycles. The molecule has 0 saturated carbocycles. The maximum Gasteiger partial charge on any atom is 0.252 e. The number of ether oxygens (including phenoxy) is 1. The molecule has 0 amide bonds. The molecule has 0 bridgehead atoms. The summed E-state index contributed by atoms with van der Waals surface area (Å²) in [6.07, 6.45) is 5.30. The van der Waals surface area contributed by atoms with Crippen molar-refractivity contribution in [2.75, 3.05) is 31.2 Å². The van der Waals surface area contributed by atoms with E-state index < -0.39 is 0 Å². The predicted molar refractivity (Wildman–Crippen MR) is 69.9 cm³/mol. The van der Waals surface area contributed by atoms with Crippen LogP contribution in [0.3, 0.4) is 0 Å². The second kappa shape index (κ2) is 5.03. The maximum atomic E-state index is 5.33. The van der Waals surface area contributed by atoms with Crippen molar-refractivity contribution in [2.24, 2.45) is 0 Å². The molecule has 2 aromatic rings. The van der Waals surface area contributed by atoms with E-state index in [1.54, 1.807) is 17.1 Å². The minimum atomic E-state index is 0.574. The zero-order valence-corrected chi connectivity index (χ0v) is 11.2. The van der Waals surface area contributed by atoms with E-state index in [2.05, 4.69) is 35.9 Å². The summed E-state index contributed by atoms with van der Waals surface area (Å²) in [5, 5.41) is 4.17. The summed E-state index contributed by atoms with van der Waals surface area (Å²) in [7, 11) is 0. The number of nitrogens with zero attached hydrogens (tertiary/aromatic N) is 5. The Morgan fingerprint density at radius 2 is 2.11 bits per heavy atom. The van der Waals surface area contributed by atoms with Gasteiger partial charge in [0.05, 0.1) is 23.9 Å². The number of aromatic nitrogens is 4. The first-order chi connectivity index (χ1) is 8.83. The van der Waals surface area contributed by atoms with Gasteiger partial charge in [-0.15, -0.1) is 0 Å². The summed E-state index contributed by atoms with van der Waals surface area (Å²) >= 11 is 3.36. The summed E-state index contributed by atoms with van der Waals surface area (Å²) in [5.74, 6) is 1.49. The molecule has 0 aromatic carbocycles. The zero-order valence-electron chi connectivity index (χ0n) is 9.66. The molecule has 0 aliphatic carbocycles. The average Bonchev–Trinajstić information content (AvgIpc) is 2.87. The van der Waals surface area contributed by atoms with Crippen LogP contribution in [0.1, 0.15) is 0 Å². The van der Waals surface area contributed by atoms with Crippen LogP contribution in [0.4, 0.5) is 5.82 Å². The van der Waals surface area contributed by atoms with Gasteiger partial charge in [0.1, 0.15) is 5.82 Å². The Bertz CT molecular complexity index is 538. The maximum absolute atomic E-state index is 5.33. The van der Waals surface area contributed by atoms with Crippen LogP contribution in [0.2, 0.25) is 0 Å².